The average Bonchev–Trinajstić information content (AvgIpc) is 3.12. The molecule has 2 heterocycles. The highest BCUT2D eigenvalue weighted by atomic mass is 16.5. The molecule has 3 aromatic carbocycles. The minimum absolute atomic E-state index is 0.254. The molecular weight excluding hydrogens is 468 g/mol. The molecule has 1 atom stereocenters. The Bertz CT molecular complexity index is 1380. The maximum Gasteiger partial charge on any atom is 0.326 e. The van der Waals surface area contributed by atoms with Crippen LogP contribution >= 0.6 is 0 Å². The fourth-order valence-corrected chi connectivity index (χ4v) is 5.80. The summed E-state index contributed by atoms with van der Waals surface area (Å²) in [5.41, 5.74) is 2.56. The van der Waals surface area contributed by atoms with Crippen LogP contribution in [-0.4, -0.2) is 47.3 Å². The fourth-order valence-electron chi connectivity index (χ4n) is 5.80. The number of hydrogen-bond donors (Lipinski definition) is 0. The summed E-state index contributed by atoms with van der Waals surface area (Å²) in [6.07, 6.45) is 0.662. The van der Waals surface area contributed by atoms with E-state index in [0.29, 0.717) is 6.42 Å². The van der Waals surface area contributed by atoms with Crippen LogP contribution in [0.4, 0.5) is 5.69 Å². The summed E-state index contributed by atoms with van der Waals surface area (Å²) in [6.45, 7) is 5.14. The molecule has 0 fully saturated rings. The first kappa shape index (κ1) is 24.4. The molecule has 3 amide bonds. The van der Waals surface area contributed by atoms with Crippen molar-refractivity contribution < 1.29 is 23.9 Å². The number of esters is 1. The third-order valence-electron chi connectivity index (χ3n) is 7.31. The Morgan fingerprint density at radius 3 is 2.03 bits per heavy atom. The first-order chi connectivity index (χ1) is 17.6. The van der Waals surface area contributed by atoms with Gasteiger partial charge >= 0.3 is 5.97 Å². The van der Waals surface area contributed by atoms with Gasteiger partial charge in [-0.05, 0) is 49.6 Å². The zero-order chi connectivity index (χ0) is 26.4. The molecule has 2 aliphatic heterocycles. The number of benzene rings is 3. The van der Waals surface area contributed by atoms with E-state index in [9.17, 15) is 19.2 Å². The molecule has 0 bridgehead atoms. The smallest absolute Gasteiger partial charge is 0.326 e. The maximum absolute atomic E-state index is 13.5. The van der Waals surface area contributed by atoms with Crippen LogP contribution in [0.3, 0.4) is 0 Å². The molecule has 0 aromatic heterocycles. The predicted octanol–water partition coefficient (Wildman–Crippen LogP) is 4.35. The largest absolute Gasteiger partial charge is 0.454 e. The number of imide groups is 1. The molecule has 7 heteroatoms. The Morgan fingerprint density at radius 2 is 1.38 bits per heavy atom. The van der Waals surface area contributed by atoms with E-state index in [1.54, 1.807) is 29.2 Å². The summed E-state index contributed by atoms with van der Waals surface area (Å²) < 4.78 is 5.28. The zero-order valence-corrected chi connectivity index (χ0v) is 21.1. The number of carbonyl (C=O) groups excluding carboxylic acids is 4. The second-order valence-electron chi connectivity index (χ2n) is 10.3. The lowest BCUT2D eigenvalue weighted by molar-refractivity contribution is -0.148. The number of rotatable bonds is 5. The van der Waals surface area contributed by atoms with Crippen molar-refractivity contribution in [2.45, 2.75) is 38.1 Å². The number of nitrogens with zero attached hydrogens (tertiary/aromatic N) is 2. The minimum Gasteiger partial charge on any atom is -0.454 e. The van der Waals surface area contributed by atoms with E-state index in [2.05, 4.69) is 19.1 Å². The van der Waals surface area contributed by atoms with Crippen LogP contribution in [0.2, 0.25) is 0 Å². The van der Waals surface area contributed by atoms with Crippen molar-refractivity contribution in [3.05, 3.63) is 101 Å². The number of para-hydroxylation sites is 1. The first-order valence-corrected chi connectivity index (χ1v) is 12.2. The van der Waals surface area contributed by atoms with Crippen molar-refractivity contribution in [1.82, 2.24) is 4.90 Å². The van der Waals surface area contributed by atoms with Gasteiger partial charge in [-0.1, -0.05) is 67.6 Å². The quantitative estimate of drug-likeness (QED) is 0.387. The Hall–Kier alpha value is -4.26. The van der Waals surface area contributed by atoms with E-state index in [1.165, 1.54) is 0 Å². The molecule has 5 rings (SSSR count). The van der Waals surface area contributed by atoms with Crippen molar-refractivity contribution in [2.75, 3.05) is 18.1 Å². The van der Waals surface area contributed by atoms with Gasteiger partial charge in [0, 0.05) is 16.6 Å². The Balaban J connectivity index is 1.33. The second kappa shape index (κ2) is 9.00. The van der Waals surface area contributed by atoms with E-state index in [4.69, 9.17) is 4.74 Å². The Kier molecular flexibility index (Phi) is 5.94. The van der Waals surface area contributed by atoms with Crippen LogP contribution in [-0.2, 0) is 19.7 Å². The molecule has 37 heavy (non-hydrogen) atoms. The van der Waals surface area contributed by atoms with Gasteiger partial charge in [0.2, 0.25) is 0 Å². The minimum atomic E-state index is -0.819. The van der Waals surface area contributed by atoms with Crippen LogP contribution in [0.25, 0.3) is 0 Å². The summed E-state index contributed by atoms with van der Waals surface area (Å²) in [7, 11) is 0. The van der Waals surface area contributed by atoms with Gasteiger partial charge in [-0.15, -0.1) is 0 Å². The molecular formula is C30H28N2O5. The number of ether oxygens (including phenoxy) is 1. The van der Waals surface area contributed by atoms with Crippen molar-refractivity contribution in [1.29, 1.82) is 0 Å². The lowest BCUT2D eigenvalue weighted by Crippen LogP contribution is -2.56. The summed E-state index contributed by atoms with van der Waals surface area (Å²) in [6, 6.07) is 24.4. The molecule has 0 N–H and O–H groups in total. The average molecular weight is 497 g/mol. The van der Waals surface area contributed by atoms with E-state index in [1.807, 2.05) is 56.3 Å². The van der Waals surface area contributed by atoms with E-state index in [0.717, 1.165) is 21.7 Å². The van der Waals surface area contributed by atoms with Crippen LogP contribution in [0.5, 0.6) is 0 Å². The van der Waals surface area contributed by atoms with Crippen LogP contribution in [0, 0.1) is 0 Å². The highest BCUT2D eigenvalue weighted by molar-refractivity contribution is 6.22. The third kappa shape index (κ3) is 4.10. The summed E-state index contributed by atoms with van der Waals surface area (Å²) in [5, 5.41) is 0. The molecule has 0 aliphatic carbocycles. The summed E-state index contributed by atoms with van der Waals surface area (Å²) in [5.74, 6) is -2.28. The molecule has 0 saturated carbocycles. The lowest BCUT2D eigenvalue weighted by atomic mass is 9.65. The van der Waals surface area contributed by atoms with Gasteiger partial charge in [0.1, 0.15) is 6.54 Å². The predicted molar refractivity (Wildman–Crippen MR) is 138 cm³/mol. The van der Waals surface area contributed by atoms with Gasteiger partial charge < -0.3 is 9.64 Å². The standard InChI is InChI=1S/C30H28N2O5/c1-29(2)19-30(3,20-11-5-4-6-12-20)23-15-9-10-16-24(23)32(29)25(33)18-37-26(34)17-31-27(35)21-13-7-8-14-22(21)28(31)36/h4-16H,17-19H2,1-3H3/t30-/m0/s1. The molecule has 0 saturated heterocycles. The third-order valence-corrected chi connectivity index (χ3v) is 7.31. The molecule has 0 unspecified atom stereocenters. The molecule has 0 radical (unpaired) electrons. The topological polar surface area (TPSA) is 84.0 Å². The molecule has 2 aliphatic rings. The zero-order valence-electron chi connectivity index (χ0n) is 21.1. The molecule has 0 spiro atoms. The molecule has 7 nitrogen and oxygen atoms in total. The van der Waals surface area contributed by atoms with Gasteiger partial charge in [-0.3, -0.25) is 24.1 Å². The first-order valence-electron chi connectivity index (χ1n) is 12.2. The Morgan fingerprint density at radius 1 is 0.811 bits per heavy atom. The maximum atomic E-state index is 13.5. The normalized spacial score (nSPS) is 19.9. The number of amides is 3. The van der Waals surface area contributed by atoms with Gasteiger partial charge in [0.15, 0.2) is 6.61 Å². The fraction of sp³-hybridized carbons (Fsp3) is 0.267. The van der Waals surface area contributed by atoms with Crippen LogP contribution in [0.1, 0.15) is 59.0 Å². The van der Waals surface area contributed by atoms with Crippen LogP contribution < -0.4 is 4.90 Å². The van der Waals surface area contributed by atoms with Crippen molar-refractivity contribution in [3.63, 3.8) is 0 Å². The summed E-state index contributed by atoms with van der Waals surface area (Å²) >= 11 is 0. The SMILES string of the molecule is CC1(C)C[C@@](C)(c2ccccc2)c2ccccc2N1C(=O)COC(=O)CN1C(=O)c2ccccc2C1=O. The molecule has 188 valence electrons. The van der Waals surface area contributed by atoms with E-state index >= 15 is 0 Å². The highest BCUT2D eigenvalue weighted by Gasteiger charge is 2.47. The van der Waals surface area contributed by atoms with E-state index < -0.39 is 36.5 Å². The Labute approximate surface area is 215 Å². The number of hydrogen-bond acceptors (Lipinski definition) is 5. The number of anilines is 1. The second-order valence-corrected chi connectivity index (χ2v) is 10.3. The van der Waals surface area contributed by atoms with E-state index in [-0.39, 0.29) is 22.4 Å². The molecule has 3 aromatic rings. The number of fused-ring (bicyclic) bond motifs is 2. The van der Waals surface area contributed by atoms with Gasteiger partial charge in [-0.2, -0.15) is 0 Å². The van der Waals surface area contributed by atoms with Crippen molar-refractivity contribution in [2.24, 2.45) is 0 Å². The lowest BCUT2D eigenvalue weighted by Gasteiger charge is -2.51. The monoisotopic (exact) mass is 496 g/mol. The van der Waals surface area contributed by atoms with Crippen molar-refractivity contribution in [3.8, 4) is 0 Å². The van der Waals surface area contributed by atoms with Gasteiger partial charge in [-0.25, -0.2) is 0 Å². The summed E-state index contributed by atoms with van der Waals surface area (Å²) in [4.78, 5) is 53.7. The number of carbonyl (C=O) groups is 4. The van der Waals surface area contributed by atoms with Gasteiger partial charge in [0.05, 0.1) is 11.1 Å². The van der Waals surface area contributed by atoms with Gasteiger partial charge in [0.25, 0.3) is 17.7 Å². The van der Waals surface area contributed by atoms with Crippen molar-refractivity contribution >= 4 is 29.4 Å². The van der Waals surface area contributed by atoms with Crippen LogP contribution in [0.15, 0.2) is 78.9 Å². The highest BCUT2D eigenvalue weighted by Crippen LogP contribution is 2.50.